The summed E-state index contributed by atoms with van der Waals surface area (Å²) in [7, 11) is 0. The molecule has 0 saturated heterocycles. The molecule has 0 spiro atoms. The molecule has 0 aliphatic heterocycles. The van der Waals surface area contributed by atoms with Crippen LogP contribution < -0.4 is 2.87 Å². The molecule has 2 nitrogen and oxygen atoms in total. The molecule has 0 aliphatic rings. The maximum absolute atomic E-state index is 14.0. The van der Waals surface area contributed by atoms with Crippen LogP contribution in [0.25, 0.3) is 22.0 Å². The number of nitrogens with zero attached hydrogens (tertiary/aromatic N) is 2. The van der Waals surface area contributed by atoms with Gasteiger partial charge >= 0.3 is 175 Å². The van der Waals surface area contributed by atoms with Crippen LogP contribution in [0.15, 0.2) is 0 Å². The average molecular weight is 588 g/mol. The van der Waals surface area contributed by atoms with Crippen LogP contribution in [0.2, 0.25) is 0 Å². The van der Waals surface area contributed by atoms with Crippen molar-refractivity contribution in [2.75, 3.05) is 0 Å². The van der Waals surface area contributed by atoms with Crippen molar-refractivity contribution >= 4 is 25.5 Å². The summed E-state index contributed by atoms with van der Waals surface area (Å²) in [6.45, 7) is 0. The van der Waals surface area contributed by atoms with Gasteiger partial charge in [0, 0.05) is 0 Å². The van der Waals surface area contributed by atoms with E-state index in [1.54, 1.807) is 0 Å². The molecular formula is C14AsF15N2S. The summed E-state index contributed by atoms with van der Waals surface area (Å²) in [6.07, 6.45) is 0. The molecule has 0 atom stereocenters. The molecular weight excluding hydrogens is 588 g/mol. The van der Waals surface area contributed by atoms with Crippen LogP contribution in [-0.4, -0.2) is 18.9 Å². The first kappa shape index (κ1) is 25.1. The summed E-state index contributed by atoms with van der Waals surface area (Å²) in [6, 6.07) is 0. The SMILES string of the molecule is Fc1c(F)c(F)c(-c2nc(-c3c(F)c(F)c(F)c(F)c3F)[n+]([As-](F)(F)(F)(F)F)s2)c(F)c1F. The quantitative estimate of drug-likeness (QED) is 0.155. The van der Waals surface area contributed by atoms with Crippen molar-refractivity contribution in [2.45, 2.75) is 0 Å². The zero-order valence-corrected chi connectivity index (χ0v) is 17.1. The molecule has 0 amide bonds. The number of hydrogen-bond acceptors (Lipinski definition) is 2. The predicted molar refractivity (Wildman–Crippen MR) is 79.5 cm³/mol. The van der Waals surface area contributed by atoms with Crippen LogP contribution in [0.4, 0.5) is 61.2 Å². The standard InChI is InChI=1S/C14AsF15N2S/c16-3-1(4(17)8(21)11(24)7(3)20)13-31-14(33-32(13)15(26,27,28,29)30)2-5(18)9(22)12(25)10(23)6(2)19. The number of hydrogen-bond donors (Lipinski definition) is 0. The molecule has 3 aromatic rings. The van der Waals surface area contributed by atoms with Gasteiger partial charge in [-0.15, -0.1) is 0 Å². The summed E-state index contributed by atoms with van der Waals surface area (Å²) < 4.78 is 201. The minimum atomic E-state index is -12.1. The van der Waals surface area contributed by atoms with Crippen molar-refractivity contribution in [2.24, 2.45) is 0 Å². The van der Waals surface area contributed by atoms with Crippen LogP contribution in [0, 0.1) is 58.2 Å². The maximum atomic E-state index is 14.0. The predicted octanol–water partition coefficient (Wildman–Crippen LogP) is 6.19. The summed E-state index contributed by atoms with van der Waals surface area (Å²) >= 11 is -13.7. The molecule has 0 aliphatic carbocycles. The molecule has 19 heteroatoms. The molecule has 33 heavy (non-hydrogen) atoms. The molecule has 0 fully saturated rings. The van der Waals surface area contributed by atoms with Crippen molar-refractivity contribution in [1.82, 2.24) is 4.98 Å². The van der Waals surface area contributed by atoms with E-state index in [-0.39, 0.29) is 0 Å². The number of halogens is 15. The third-order valence-corrected chi connectivity index (χ3v) is 8.53. The Morgan fingerprint density at radius 2 is 0.788 bits per heavy atom. The zero-order valence-electron chi connectivity index (χ0n) is 14.4. The Morgan fingerprint density at radius 3 is 1.12 bits per heavy atom. The Balaban J connectivity index is 2.55. The summed E-state index contributed by atoms with van der Waals surface area (Å²) in [5.41, 5.74) is -5.04. The van der Waals surface area contributed by atoms with E-state index in [1.165, 1.54) is 0 Å². The molecule has 2 aromatic carbocycles. The van der Waals surface area contributed by atoms with Gasteiger partial charge in [0.1, 0.15) is 0 Å². The van der Waals surface area contributed by atoms with Crippen molar-refractivity contribution < 1.29 is 64.1 Å². The second kappa shape index (κ2) is 6.77. The van der Waals surface area contributed by atoms with Gasteiger partial charge in [-0.3, -0.25) is 0 Å². The molecule has 1 heterocycles. The van der Waals surface area contributed by atoms with E-state index in [4.69, 9.17) is 0 Å². The average Bonchev–Trinajstić information content (AvgIpc) is 3.13. The van der Waals surface area contributed by atoms with Crippen molar-refractivity contribution in [3.05, 3.63) is 58.2 Å². The number of aromatic nitrogens is 2. The van der Waals surface area contributed by atoms with Gasteiger partial charge < -0.3 is 0 Å². The normalized spacial score (nSPS) is 14.4. The monoisotopic (exact) mass is 588 g/mol. The fourth-order valence-electron chi connectivity index (χ4n) is 2.39. The Hall–Kier alpha value is -2.49. The van der Waals surface area contributed by atoms with Gasteiger partial charge in [-0.1, -0.05) is 0 Å². The molecule has 0 unspecified atom stereocenters. The van der Waals surface area contributed by atoms with Gasteiger partial charge in [0.2, 0.25) is 0 Å². The molecule has 0 saturated carbocycles. The Bertz CT molecular complexity index is 1290. The fourth-order valence-corrected chi connectivity index (χ4v) is 5.83. The van der Waals surface area contributed by atoms with E-state index < -0.39 is 108 Å². The Labute approximate surface area is 175 Å². The van der Waals surface area contributed by atoms with Crippen LogP contribution in [-0.2, 0) is 0 Å². The van der Waals surface area contributed by atoms with Crippen LogP contribution >= 0.6 is 11.5 Å². The topological polar surface area (TPSA) is 16.8 Å². The minimum absolute atomic E-state index is 1.60. The first-order valence-electron chi connectivity index (χ1n) is 7.49. The van der Waals surface area contributed by atoms with Crippen LogP contribution in [0.3, 0.4) is 0 Å². The molecule has 1 aromatic heterocycles. The first-order chi connectivity index (χ1) is 14.7. The van der Waals surface area contributed by atoms with Crippen LogP contribution in [0.5, 0.6) is 0 Å². The number of rotatable bonds is 3. The van der Waals surface area contributed by atoms with Gasteiger partial charge in [0.15, 0.2) is 0 Å². The van der Waals surface area contributed by atoms with Gasteiger partial charge in [0.05, 0.1) is 0 Å². The summed E-state index contributed by atoms with van der Waals surface area (Å²) in [5.74, 6) is -31.8. The molecule has 3 rings (SSSR count). The van der Waals surface area contributed by atoms with Gasteiger partial charge in [-0.2, -0.15) is 0 Å². The van der Waals surface area contributed by atoms with E-state index in [1.807, 2.05) is 0 Å². The van der Waals surface area contributed by atoms with Gasteiger partial charge in [-0.05, 0) is 0 Å². The van der Waals surface area contributed by atoms with E-state index in [0.717, 1.165) is 0 Å². The third kappa shape index (κ3) is 3.92. The third-order valence-electron chi connectivity index (χ3n) is 3.76. The fraction of sp³-hybridized carbons (Fsp3) is 0. The van der Waals surface area contributed by atoms with E-state index >= 15 is 0 Å². The van der Waals surface area contributed by atoms with Gasteiger partial charge in [0.25, 0.3) is 0 Å². The Kier molecular flexibility index (Phi) is 5.16. The molecule has 0 bridgehead atoms. The molecule has 0 N–H and O–H groups in total. The zero-order chi connectivity index (χ0) is 25.5. The second-order valence-corrected chi connectivity index (χ2v) is 12.6. The summed E-state index contributed by atoms with van der Waals surface area (Å²) in [5, 5.41) is -2.11. The van der Waals surface area contributed by atoms with Crippen molar-refractivity contribution in [3.8, 4) is 22.0 Å². The van der Waals surface area contributed by atoms with Crippen LogP contribution in [0.1, 0.15) is 0 Å². The molecule has 0 radical (unpaired) electrons. The van der Waals surface area contributed by atoms with Crippen molar-refractivity contribution in [3.63, 3.8) is 0 Å². The van der Waals surface area contributed by atoms with Gasteiger partial charge in [-0.25, -0.2) is 0 Å². The van der Waals surface area contributed by atoms with E-state index in [2.05, 4.69) is 4.98 Å². The summed E-state index contributed by atoms with van der Waals surface area (Å²) in [4.78, 5) is 2.43. The molecule has 182 valence electrons. The van der Waals surface area contributed by atoms with E-state index in [9.17, 15) is 61.2 Å². The first-order valence-corrected chi connectivity index (χ1v) is 12.7. The number of benzene rings is 2. The van der Waals surface area contributed by atoms with Crippen molar-refractivity contribution in [1.29, 1.82) is 0 Å². The van der Waals surface area contributed by atoms with E-state index in [0.29, 0.717) is 0 Å². The Morgan fingerprint density at radius 1 is 0.485 bits per heavy atom. The second-order valence-electron chi connectivity index (χ2n) is 6.01.